The fourth-order valence-corrected chi connectivity index (χ4v) is 4.81. The van der Waals surface area contributed by atoms with E-state index in [-0.39, 0.29) is 11.8 Å². The summed E-state index contributed by atoms with van der Waals surface area (Å²) in [6.45, 7) is 6.12. The number of benzene rings is 1. The Hall–Kier alpha value is -2.58. The second-order valence-corrected chi connectivity index (χ2v) is 8.94. The summed E-state index contributed by atoms with van der Waals surface area (Å²) in [5, 5.41) is 5.47. The van der Waals surface area contributed by atoms with Crippen molar-refractivity contribution in [2.24, 2.45) is 0 Å². The first-order valence-electron chi connectivity index (χ1n) is 9.50. The molecule has 1 aromatic carbocycles. The maximum atomic E-state index is 12.8. The van der Waals surface area contributed by atoms with Crippen molar-refractivity contribution in [3.63, 3.8) is 0 Å². The number of hydrogen-bond acceptors (Lipinski definition) is 6. The van der Waals surface area contributed by atoms with Crippen LogP contribution in [0.15, 0.2) is 35.0 Å². The summed E-state index contributed by atoms with van der Waals surface area (Å²) in [5.74, 6) is 0.00373. The zero-order valence-electron chi connectivity index (χ0n) is 16.4. The smallest absolute Gasteiger partial charge is 0.273 e. The van der Waals surface area contributed by atoms with Gasteiger partial charge >= 0.3 is 0 Å². The molecule has 29 heavy (non-hydrogen) atoms. The zero-order valence-corrected chi connectivity index (χ0v) is 18.1. The highest BCUT2D eigenvalue weighted by atomic mass is 32.1. The second-order valence-electron chi connectivity index (χ2n) is 7.14. The number of thiazole rings is 2. The van der Waals surface area contributed by atoms with Crippen molar-refractivity contribution in [3.05, 3.63) is 57.0 Å². The number of aryl methyl sites for hydroxylation is 2. The molecule has 1 aliphatic heterocycles. The van der Waals surface area contributed by atoms with Gasteiger partial charge in [-0.1, -0.05) is 29.8 Å². The molecule has 1 fully saturated rings. The van der Waals surface area contributed by atoms with Gasteiger partial charge in [-0.2, -0.15) is 0 Å². The Morgan fingerprint density at radius 1 is 0.931 bits per heavy atom. The number of rotatable bonds is 4. The van der Waals surface area contributed by atoms with E-state index in [0.717, 1.165) is 21.3 Å². The van der Waals surface area contributed by atoms with E-state index in [2.05, 4.69) is 9.97 Å². The van der Waals surface area contributed by atoms with Crippen LogP contribution in [0.25, 0.3) is 10.6 Å². The average molecular weight is 427 g/mol. The van der Waals surface area contributed by atoms with Gasteiger partial charge in [0.2, 0.25) is 5.91 Å². The molecule has 3 heterocycles. The Morgan fingerprint density at radius 3 is 2.28 bits per heavy atom. The predicted octanol–water partition coefficient (Wildman–Crippen LogP) is 3.41. The number of hydrogen-bond donors (Lipinski definition) is 0. The first-order valence-corrected chi connectivity index (χ1v) is 11.3. The Bertz CT molecular complexity index is 1020. The van der Waals surface area contributed by atoms with E-state index < -0.39 is 0 Å². The fourth-order valence-electron chi connectivity index (χ4n) is 3.25. The van der Waals surface area contributed by atoms with Gasteiger partial charge in [-0.05, 0) is 13.8 Å². The van der Waals surface area contributed by atoms with E-state index in [9.17, 15) is 9.59 Å². The van der Waals surface area contributed by atoms with Gasteiger partial charge in [0.05, 0.1) is 6.42 Å². The van der Waals surface area contributed by atoms with Crippen LogP contribution in [0, 0.1) is 13.8 Å². The van der Waals surface area contributed by atoms with Gasteiger partial charge < -0.3 is 9.80 Å². The topological polar surface area (TPSA) is 66.4 Å². The lowest BCUT2D eigenvalue weighted by Crippen LogP contribution is -2.51. The molecule has 1 aliphatic rings. The molecule has 8 heteroatoms. The van der Waals surface area contributed by atoms with Gasteiger partial charge in [-0.15, -0.1) is 22.7 Å². The molecule has 0 N–H and O–H groups in total. The van der Waals surface area contributed by atoms with Crippen LogP contribution in [0.1, 0.15) is 26.8 Å². The number of piperazine rings is 1. The predicted molar refractivity (Wildman–Crippen MR) is 115 cm³/mol. The highest BCUT2D eigenvalue weighted by molar-refractivity contribution is 7.13. The monoisotopic (exact) mass is 426 g/mol. The molecule has 0 aliphatic carbocycles. The maximum Gasteiger partial charge on any atom is 0.273 e. The van der Waals surface area contributed by atoms with Crippen molar-refractivity contribution in [2.75, 3.05) is 26.2 Å². The Labute approximate surface area is 177 Å². The van der Waals surface area contributed by atoms with Gasteiger partial charge in [0, 0.05) is 48.2 Å². The minimum atomic E-state index is -0.0674. The van der Waals surface area contributed by atoms with Crippen LogP contribution in [0.2, 0.25) is 0 Å². The second kappa shape index (κ2) is 8.42. The van der Waals surface area contributed by atoms with Crippen LogP contribution >= 0.6 is 22.7 Å². The Kier molecular flexibility index (Phi) is 5.73. The van der Waals surface area contributed by atoms with Crippen molar-refractivity contribution in [2.45, 2.75) is 20.3 Å². The summed E-state index contributed by atoms with van der Waals surface area (Å²) in [6, 6.07) is 8.14. The third-order valence-electron chi connectivity index (χ3n) is 4.91. The number of carbonyl (C=O) groups excluding carboxylic acids is 2. The van der Waals surface area contributed by atoms with Gasteiger partial charge in [-0.25, -0.2) is 9.97 Å². The normalized spacial score (nSPS) is 14.3. The molecule has 0 unspecified atom stereocenters. The summed E-state index contributed by atoms with van der Waals surface area (Å²) in [4.78, 5) is 37.8. The van der Waals surface area contributed by atoms with Crippen LogP contribution in [-0.4, -0.2) is 57.8 Å². The third-order valence-corrected chi connectivity index (χ3v) is 6.77. The first-order chi connectivity index (χ1) is 14.0. The molecule has 0 saturated carbocycles. The number of carbonyl (C=O) groups is 2. The summed E-state index contributed by atoms with van der Waals surface area (Å²) in [6.07, 6.45) is 0.332. The molecule has 2 amide bonds. The van der Waals surface area contributed by atoms with Crippen LogP contribution in [0.4, 0.5) is 0 Å². The minimum Gasteiger partial charge on any atom is -0.339 e. The van der Waals surface area contributed by atoms with Crippen LogP contribution in [0.3, 0.4) is 0 Å². The molecule has 0 atom stereocenters. The van der Waals surface area contributed by atoms with E-state index >= 15 is 0 Å². The molecular weight excluding hydrogens is 404 g/mol. The van der Waals surface area contributed by atoms with Crippen LogP contribution in [0.5, 0.6) is 0 Å². The number of aromatic nitrogens is 2. The van der Waals surface area contributed by atoms with Crippen molar-refractivity contribution in [1.29, 1.82) is 0 Å². The lowest BCUT2D eigenvalue weighted by molar-refractivity contribution is -0.131. The van der Waals surface area contributed by atoms with Crippen molar-refractivity contribution < 1.29 is 9.59 Å². The van der Waals surface area contributed by atoms with Gasteiger partial charge in [0.1, 0.15) is 15.7 Å². The van der Waals surface area contributed by atoms with Crippen molar-refractivity contribution in [3.8, 4) is 10.6 Å². The molecule has 0 spiro atoms. The van der Waals surface area contributed by atoms with E-state index in [4.69, 9.17) is 0 Å². The maximum absolute atomic E-state index is 12.8. The SMILES string of the molecule is Cc1ccc(-c2nc(C(=O)N3CCN(C(=O)Cc4nc(C)cs4)CC3)cs2)cc1. The summed E-state index contributed by atoms with van der Waals surface area (Å²) < 4.78 is 0. The molecule has 6 nitrogen and oxygen atoms in total. The minimum absolute atomic E-state index is 0.0674. The van der Waals surface area contributed by atoms with E-state index in [1.165, 1.54) is 28.2 Å². The Morgan fingerprint density at radius 2 is 1.62 bits per heavy atom. The summed E-state index contributed by atoms with van der Waals surface area (Å²) in [7, 11) is 0. The highest BCUT2D eigenvalue weighted by Gasteiger charge is 2.26. The number of amides is 2. The van der Waals surface area contributed by atoms with Crippen molar-refractivity contribution in [1.82, 2.24) is 19.8 Å². The third kappa shape index (κ3) is 4.54. The highest BCUT2D eigenvalue weighted by Crippen LogP contribution is 2.25. The summed E-state index contributed by atoms with van der Waals surface area (Å²) >= 11 is 3.00. The largest absolute Gasteiger partial charge is 0.339 e. The molecule has 3 aromatic rings. The van der Waals surface area contributed by atoms with Crippen LogP contribution < -0.4 is 0 Å². The fraction of sp³-hybridized carbons (Fsp3) is 0.333. The lowest BCUT2D eigenvalue weighted by Gasteiger charge is -2.34. The molecule has 150 valence electrons. The average Bonchev–Trinajstić information content (AvgIpc) is 3.37. The van der Waals surface area contributed by atoms with E-state index in [1.54, 1.807) is 4.90 Å². The van der Waals surface area contributed by atoms with Gasteiger partial charge in [0.25, 0.3) is 5.91 Å². The molecule has 1 saturated heterocycles. The van der Waals surface area contributed by atoms with Gasteiger partial charge in [0.15, 0.2) is 0 Å². The summed E-state index contributed by atoms with van der Waals surface area (Å²) in [5.41, 5.74) is 3.64. The van der Waals surface area contributed by atoms with E-state index in [1.807, 2.05) is 53.8 Å². The Balaban J connectivity index is 1.34. The van der Waals surface area contributed by atoms with Gasteiger partial charge in [-0.3, -0.25) is 9.59 Å². The quantitative estimate of drug-likeness (QED) is 0.641. The molecule has 0 bridgehead atoms. The molecule has 4 rings (SSSR count). The standard InChI is InChI=1S/C21H22N4O2S2/c1-14-3-5-16(6-4-14)20-23-17(13-29-20)21(27)25-9-7-24(8-10-25)19(26)11-18-22-15(2)12-28-18/h3-6,12-13H,7-11H2,1-2H3. The molecule has 2 aromatic heterocycles. The van der Waals surface area contributed by atoms with E-state index in [0.29, 0.717) is 38.3 Å². The van der Waals surface area contributed by atoms with Crippen molar-refractivity contribution >= 4 is 34.5 Å². The molecular formula is C21H22N4O2S2. The van der Waals surface area contributed by atoms with Crippen LogP contribution in [-0.2, 0) is 11.2 Å². The number of nitrogens with zero attached hydrogens (tertiary/aromatic N) is 4. The lowest BCUT2D eigenvalue weighted by atomic mass is 10.2. The first kappa shape index (κ1) is 19.7. The molecule has 0 radical (unpaired) electrons. The zero-order chi connectivity index (χ0) is 20.4.